The molecule has 0 spiro atoms. The van der Waals surface area contributed by atoms with Crippen LogP contribution in [0.15, 0.2) is 30.5 Å². The molecular weight excluding hydrogens is 324 g/mol. The minimum absolute atomic E-state index is 0.217. The van der Waals surface area contributed by atoms with Gasteiger partial charge in [0, 0.05) is 12.0 Å². The van der Waals surface area contributed by atoms with E-state index < -0.39 is 20.0 Å². The van der Waals surface area contributed by atoms with Gasteiger partial charge < -0.3 is 10.3 Å². The zero-order valence-electron chi connectivity index (χ0n) is 14.1. The third-order valence-electron chi connectivity index (χ3n) is 3.81. The van der Waals surface area contributed by atoms with Gasteiger partial charge in [-0.2, -0.15) is 0 Å². The molecule has 2 heterocycles. The van der Waals surface area contributed by atoms with Crippen molar-refractivity contribution in [1.82, 2.24) is 15.3 Å². The zero-order valence-corrected chi connectivity index (χ0v) is 15.1. The van der Waals surface area contributed by atoms with Gasteiger partial charge in [0.1, 0.15) is 13.9 Å². The van der Waals surface area contributed by atoms with Crippen LogP contribution in [0.4, 0.5) is 8.78 Å². The number of benzene rings is 1. The number of aromatic amines is 1. The molecule has 1 aliphatic heterocycles. The number of alkyl halides is 2. The van der Waals surface area contributed by atoms with Crippen LogP contribution in [0.25, 0.3) is 11.3 Å². The fourth-order valence-electron chi connectivity index (χ4n) is 2.56. The normalized spacial score (nSPS) is 19.8. The average molecular weight is 345 g/mol. The highest BCUT2D eigenvalue weighted by Crippen LogP contribution is 2.33. The molecule has 1 saturated heterocycles. The Morgan fingerprint density at radius 1 is 1.21 bits per heavy atom. The van der Waals surface area contributed by atoms with E-state index in [9.17, 15) is 8.78 Å². The van der Waals surface area contributed by atoms with E-state index >= 15 is 0 Å². The van der Waals surface area contributed by atoms with Gasteiger partial charge >= 0.3 is 0 Å². The van der Waals surface area contributed by atoms with Gasteiger partial charge in [0.05, 0.1) is 24.5 Å². The van der Waals surface area contributed by atoms with Crippen LogP contribution in [-0.4, -0.2) is 30.5 Å². The second kappa shape index (κ2) is 6.15. The fourth-order valence-corrected chi connectivity index (χ4v) is 3.08. The summed E-state index contributed by atoms with van der Waals surface area (Å²) in [5.74, 6) is 1.12. The van der Waals surface area contributed by atoms with Crippen LogP contribution in [-0.2, 0) is 0 Å². The van der Waals surface area contributed by atoms with Gasteiger partial charge in [-0.1, -0.05) is 37.7 Å². The van der Waals surface area contributed by atoms with E-state index in [4.69, 9.17) is 0 Å². The summed E-state index contributed by atoms with van der Waals surface area (Å²) in [6.45, 7) is 6.33. The molecule has 1 aromatic carbocycles. The molecule has 24 heavy (non-hydrogen) atoms. The topological polar surface area (TPSA) is 40.7 Å². The lowest BCUT2D eigenvalue weighted by atomic mass is 10.1. The lowest BCUT2D eigenvalue weighted by Crippen LogP contribution is -2.19. The molecule has 1 aromatic heterocycles. The van der Waals surface area contributed by atoms with Crippen molar-refractivity contribution in [2.45, 2.75) is 38.0 Å². The Morgan fingerprint density at radius 2 is 1.92 bits per heavy atom. The van der Waals surface area contributed by atoms with Crippen molar-refractivity contribution < 1.29 is 8.78 Å². The van der Waals surface area contributed by atoms with Crippen LogP contribution in [0.1, 0.15) is 23.9 Å². The van der Waals surface area contributed by atoms with E-state index in [0.29, 0.717) is 5.82 Å². The van der Waals surface area contributed by atoms with E-state index in [2.05, 4.69) is 46.4 Å². The summed E-state index contributed by atoms with van der Waals surface area (Å²) in [6, 6.07) is 7.48. The van der Waals surface area contributed by atoms with Gasteiger partial charge in [-0.05, 0) is 17.7 Å². The Hall–Kier alpha value is -1.97. The number of hydrogen-bond acceptors (Lipinski definition) is 2. The zero-order chi connectivity index (χ0) is 17.4. The molecule has 0 aliphatic carbocycles. The Labute approximate surface area is 141 Å². The quantitative estimate of drug-likeness (QED) is 0.639. The molecule has 126 valence electrons. The van der Waals surface area contributed by atoms with Crippen molar-refractivity contribution in [1.29, 1.82) is 0 Å². The number of halogens is 2. The summed E-state index contributed by atoms with van der Waals surface area (Å²) in [4.78, 5) is 7.41. The molecule has 2 aromatic rings. The largest absolute Gasteiger partial charge is 0.341 e. The number of nitrogens with one attached hydrogen (secondary N) is 2. The van der Waals surface area contributed by atoms with Gasteiger partial charge in [0.15, 0.2) is 0 Å². The van der Waals surface area contributed by atoms with Gasteiger partial charge in [-0.25, -0.2) is 13.8 Å². The summed E-state index contributed by atoms with van der Waals surface area (Å²) >= 11 is 0. The number of hydrogen-bond donors (Lipinski definition) is 2. The molecule has 1 aliphatic rings. The van der Waals surface area contributed by atoms with E-state index in [1.165, 1.54) is 0 Å². The SMILES string of the molecule is C[Si](C)(C)C#Cc1ccc(-c2cnc(C3CC(F)(F)CN3)[nH]2)cc1. The number of nitrogens with zero attached hydrogens (tertiary/aromatic N) is 1. The number of imidazole rings is 1. The van der Waals surface area contributed by atoms with E-state index in [1.54, 1.807) is 6.20 Å². The Kier molecular flexibility index (Phi) is 4.32. The summed E-state index contributed by atoms with van der Waals surface area (Å²) in [5.41, 5.74) is 6.12. The molecule has 1 atom stereocenters. The van der Waals surface area contributed by atoms with Crippen molar-refractivity contribution in [3.8, 4) is 22.7 Å². The maximum Gasteiger partial charge on any atom is 0.262 e. The minimum Gasteiger partial charge on any atom is -0.341 e. The molecular formula is C18H21F2N3Si. The highest BCUT2D eigenvalue weighted by atomic mass is 28.3. The van der Waals surface area contributed by atoms with Crippen LogP contribution >= 0.6 is 0 Å². The van der Waals surface area contributed by atoms with Crippen molar-refractivity contribution in [2.75, 3.05) is 6.54 Å². The molecule has 0 saturated carbocycles. The molecule has 0 amide bonds. The molecule has 3 rings (SSSR count). The first-order chi connectivity index (χ1) is 11.2. The van der Waals surface area contributed by atoms with Crippen LogP contribution in [0, 0.1) is 11.5 Å². The first-order valence-electron chi connectivity index (χ1n) is 8.02. The van der Waals surface area contributed by atoms with Crippen molar-refractivity contribution in [3.05, 3.63) is 41.9 Å². The summed E-state index contributed by atoms with van der Waals surface area (Å²) in [7, 11) is -1.39. The van der Waals surface area contributed by atoms with Gasteiger partial charge in [-0.15, -0.1) is 5.54 Å². The first kappa shape index (κ1) is 16.9. The Balaban J connectivity index is 1.75. The summed E-state index contributed by atoms with van der Waals surface area (Å²) in [6.07, 6.45) is 1.47. The van der Waals surface area contributed by atoms with Gasteiger partial charge in [0.25, 0.3) is 5.92 Å². The second-order valence-electron chi connectivity index (χ2n) is 7.25. The highest BCUT2D eigenvalue weighted by Gasteiger charge is 2.40. The molecule has 2 N–H and O–H groups in total. The summed E-state index contributed by atoms with van der Waals surface area (Å²) in [5, 5.41) is 2.81. The fraction of sp³-hybridized carbons (Fsp3) is 0.389. The second-order valence-corrected chi connectivity index (χ2v) is 12.0. The standard InChI is InChI=1S/C18H21F2N3Si/c1-24(2,3)9-8-13-4-6-14(7-5-13)16-11-21-17(23-16)15-10-18(19,20)12-22-15/h4-7,11,15,22H,10,12H2,1-3H3,(H,21,23). The molecule has 1 unspecified atom stereocenters. The van der Waals surface area contributed by atoms with Crippen molar-refractivity contribution >= 4 is 8.07 Å². The maximum absolute atomic E-state index is 13.3. The average Bonchev–Trinajstić information content (AvgIpc) is 3.11. The number of H-pyrrole nitrogens is 1. The van der Waals surface area contributed by atoms with E-state index in [-0.39, 0.29) is 13.0 Å². The third-order valence-corrected chi connectivity index (χ3v) is 4.69. The van der Waals surface area contributed by atoms with Crippen LogP contribution in [0.5, 0.6) is 0 Å². The lowest BCUT2D eigenvalue weighted by Gasteiger charge is -2.06. The van der Waals surface area contributed by atoms with Gasteiger partial charge in [-0.3, -0.25) is 0 Å². The molecule has 6 heteroatoms. The Bertz CT molecular complexity index is 779. The third kappa shape index (κ3) is 4.10. The molecule has 1 fully saturated rings. The Morgan fingerprint density at radius 3 is 2.50 bits per heavy atom. The van der Waals surface area contributed by atoms with E-state index in [0.717, 1.165) is 16.8 Å². The first-order valence-corrected chi connectivity index (χ1v) is 11.5. The van der Waals surface area contributed by atoms with Crippen LogP contribution in [0.3, 0.4) is 0 Å². The molecule has 0 radical (unpaired) electrons. The maximum atomic E-state index is 13.3. The monoisotopic (exact) mass is 345 g/mol. The molecule has 0 bridgehead atoms. The van der Waals surface area contributed by atoms with Crippen LogP contribution < -0.4 is 5.32 Å². The molecule has 3 nitrogen and oxygen atoms in total. The highest BCUT2D eigenvalue weighted by molar-refractivity contribution is 6.83. The van der Waals surface area contributed by atoms with Crippen LogP contribution in [0.2, 0.25) is 19.6 Å². The van der Waals surface area contributed by atoms with Gasteiger partial charge in [0.2, 0.25) is 0 Å². The summed E-state index contributed by atoms with van der Waals surface area (Å²) < 4.78 is 26.6. The van der Waals surface area contributed by atoms with Crippen molar-refractivity contribution in [2.24, 2.45) is 0 Å². The minimum atomic E-state index is -2.66. The number of aromatic nitrogens is 2. The predicted octanol–water partition coefficient (Wildman–Crippen LogP) is 3.98. The smallest absolute Gasteiger partial charge is 0.262 e. The van der Waals surface area contributed by atoms with E-state index in [1.807, 2.05) is 24.3 Å². The lowest BCUT2D eigenvalue weighted by molar-refractivity contribution is 0.0208. The van der Waals surface area contributed by atoms with Crippen molar-refractivity contribution in [3.63, 3.8) is 0 Å². The number of rotatable bonds is 2. The predicted molar refractivity (Wildman–Crippen MR) is 94.6 cm³/mol.